The molecule has 162 valence electrons. The minimum Gasteiger partial charge on any atom is -0.489 e. The number of benzene rings is 2. The van der Waals surface area contributed by atoms with Gasteiger partial charge in [0.2, 0.25) is 0 Å². The van der Waals surface area contributed by atoms with Crippen LogP contribution in [0.5, 0.6) is 5.75 Å². The summed E-state index contributed by atoms with van der Waals surface area (Å²) in [7, 11) is 1.66. The van der Waals surface area contributed by atoms with Crippen molar-refractivity contribution in [2.45, 2.75) is 26.9 Å². The third-order valence-corrected chi connectivity index (χ3v) is 4.89. The number of anilines is 1. The number of carbonyl (C=O) groups excluding carboxylic acids is 2. The van der Waals surface area contributed by atoms with Crippen molar-refractivity contribution in [1.29, 1.82) is 0 Å². The average Bonchev–Trinajstić information content (AvgIpc) is 3.11. The van der Waals surface area contributed by atoms with Crippen LogP contribution in [0.2, 0.25) is 5.02 Å². The first-order valence-corrected chi connectivity index (χ1v) is 10.4. The Morgan fingerprint density at radius 2 is 1.97 bits per heavy atom. The van der Waals surface area contributed by atoms with Gasteiger partial charge in [-0.05, 0) is 54.8 Å². The van der Waals surface area contributed by atoms with Gasteiger partial charge in [0.15, 0.2) is 0 Å². The Labute approximate surface area is 186 Å². The van der Waals surface area contributed by atoms with E-state index in [4.69, 9.17) is 16.3 Å². The monoisotopic (exact) mass is 440 g/mol. The van der Waals surface area contributed by atoms with Gasteiger partial charge in [0.1, 0.15) is 18.1 Å². The Bertz CT molecular complexity index is 1090. The Balaban J connectivity index is 1.70. The van der Waals surface area contributed by atoms with Crippen LogP contribution in [-0.4, -0.2) is 28.1 Å². The van der Waals surface area contributed by atoms with Crippen molar-refractivity contribution in [3.05, 3.63) is 76.1 Å². The first-order valence-electron chi connectivity index (χ1n) is 9.98. The number of hydrogen-bond donors (Lipinski definition) is 2. The van der Waals surface area contributed by atoms with E-state index < -0.39 is 0 Å². The van der Waals surface area contributed by atoms with Crippen LogP contribution < -0.4 is 15.4 Å². The second kappa shape index (κ2) is 10.1. The smallest absolute Gasteiger partial charge is 0.271 e. The molecule has 7 nitrogen and oxygen atoms in total. The van der Waals surface area contributed by atoms with Gasteiger partial charge >= 0.3 is 0 Å². The standard InChI is InChI=1S/C23H25ClN4O3/c1-4-10-25-23(30)21-19(13-26-28(21)3)27-22(29)17-7-5-6-16(12-17)14-31-20-9-8-18(24)11-15(20)2/h5-9,11-13H,4,10,14H2,1-3H3,(H,25,30)(H,27,29). The lowest BCUT2D eigenvalue weighted by atomic mass is 10.1. The van der Waals surface area contributed by atoms with Crippen molar-refractivity contribution in [2.75, 3.05) is 11.9 Å². The van der Waals surface area contributed by atoms with Crippen LogP contribution in [0.4, 0.5) is 5.69 Å². The molecular formula is C23H25ClN4O3. The zero-order chi connectivity index (χ0) is 22.4. The molecular weight excluding hydrogens is 416 g/mol. The van der Waals surface area contributed by atoms with E-state index in [2.05, 4.69) is 15.7 Å². The maximum Gasteiger partial charge on any atom is 0.271 e. The molecule has 0 saturated carbocycles. The topological polar surface area (TPSA) is 85.2 Å². The lowest BCUT2D eigenvalue weighted by Crippen LogP contribution is -2.27. The number of amides is 2. The highest BCUT2D eigenvalue weighted by molar-refractivity contribution is 6.30. The number of halogens is 1. The van der Waals surface area contributed by atoms with Crippen molar-refractivity contribution in [1.82, 2.24) is 15.1 Å². The van der Waals surface area contributed by atoms with Crippen molar-refractivity contribution in [3.63, 3.8) is 0 Å². The van der Waals surface area contributed by atoms with Gasteiger partial charge in [0, 0.05) is 24.2 Å². The van der Waals surface area contributed by atoms with Crippen LogP contribution >= 0.6 is 11.6 Å². The lowest BCUT2D eigenvalue weighted by molar-refractivity contribution is 0.0945. The molecule has 0 aliphatic carbocycles. The molecule has 31 heavy (non-hydrogen) atoms. The predicted octanol–water partition coefficient (Wildman–Crippen LogP) is 4.35. The van der Waals surface area contributed by atoms with Gasteiger partial charge in [-0.2, -0.15) is 5.10 Å². The van der Waals surface area contributed by atoms with E-state index in [1.54, 1.807) is 31.3 Å². The zero-order valence-corrected chi connectivity index (χ0v) is 18.5. The van der Waals surface area contributed by atoms with Crippen LogP contribution in [0, 0.1) is 6.92 Å². The first-order chi connectivity index (χ1) is 14.9. The number of hydrogen-bond acceptors (Lipinski definition) is 4. The molecule has 0 unspecified atom stereocenters. The number of nitrogens with one attached hydrogen (secondary N) is 2. The number of nitrogens with zero attached hydrogens (tertiary/aromatic N) is 2. The molecule has 3 aromatic rings. The summed E-state index contributed by atoms with van der Waals surface area (Å²) < 4.78 is 7.31. The summed E-state index contributed by atoms with van der Waals surface area (Å²) in [6, 6.07) is 12.6. The number of aromatic nitrogens is 2. The summed E-state index contributed by atoms with van der Waals surface area (Å²) in [5.41, 5.74) is 2.90. The van der Waals surface area contributed by atoms with Crippen molar-refractivity contribution >= 4 is 29.1 Å². The minimum absolute atomic E-state index is 0.280. The Morgan fingerprint density at radius 1 is 1.16 bits per heavy atom. The van der Waals surface area contributed by atoms with Crippen molar-refractivity contribution < 1.29 is 14.3 Å². The molecule has 0 atom stereocenters. The summed E-state index contributed by atoms with van der Waals surface area (Å²) in [6.07, 6.45) is 2.28. The van der Waals surface area contributed by atoms with Crippen molar-refractivity contribution in [3.8, 4) is 5.75 Å². The molecule has 1 aromatic heterocycles. The molecule has 0 saturated heterocycles. The fourth-order valence-electron chi connectivity index (χ4n) is 3.05. The molecule has 0 aliphatic heterocycles. The van der Waals surface area contributed by atoms with E-state index in [0.717, 1.165) is 23.3 Å². The molecule has 8 heteroatoms. The highest BCUT2D eigenvalue weighted by Gasteiger charge is 2.19. The molecule has 0 bridgehead atoms. The molecule has 2 amide bonds. The Hall–Kier alpha value is -3.32. The maximum atomic E-state index is 12.8. The third-order valence-electron chi connectivity index (χ3n) is 4.66. The first kappa shape index (κ1) is 22.4. The van der Waals surface area contributed by atoms with Gasteiger partial charge in [-0.15, -0.1) is 0 Å². The fourth-order valence-corrected chi connectivity index (χ4v) is 3.28. The third kappa shape index (κ3) is 5.64. The van der Waals surface area contributed by atoms with Gasteiger partial charge < -0.3 is 15.4 Å². The molecule has 0 spiro atoms. The fraction of sp³-hybridized carbons (Fsp3) is 0.261. The quantitative estimate of drug-likeness (QED) is 0.545. The number of carbonyl (C=O) groups is 2. The van der Waals surface area contributed by atoms with E-state index in [9.17, 15) is 9.59 Å². The summed E-state index contributed by atoms with van der Waals surface area (Å²) in [6.45, 7) is 4.75. The Kier molecular flexibility index (Phi) is 7.31. The van der Waals surface area contributed by atoms with E-state index >= 15 is 0 Å². The largest absolute Gasteiger partial charge is 0.489 e. The molecule has 0 radical (unpaired) electrons. The van der Waals surface area contributed by atoms with Gasteiger partial charge in [0.05, 0.1) is 11.9 Å². The molecule has 0 fully saturated rings. The highest BCUT2D eigenvalue weighted by atomic mass is 35.5. The van der Waals surface area contributed by atoms with Crippen LogP contribution in [0.15, 0.2) is 48.7 Å². The summed E-state index contributed by atoms with van der Waals surface area (Å²) in [4.78, 5) is 25.2. The van der Waals surface area contributed by atoms with Crippen LogP contribution in [0.3, 0.4) is 0 Å². The second-order valence-corrected chi connectivity index (χ2v) is 7.58. The van der Waals surface area contributed by atoms with Gasteiger partial charge in [0.25, 0.3) is 11.8 Å². The minimum atomic E-state index is -0.331. The van der Waals surface area contributed by atoms with Gasteiger partial charge in [-0.25, -0.2) is 0 Å². The van der Waals surface area contributed by atoms with E-state index in [0.29, 0.717) is 35.1 Å². The van der Waals surface area contributed by atoms with Crippen molar-refractivity contribution in [2.24, 2.45) is 7.05 Å². The predicted molar refractivity (Wildman–Crippen MR) is 121 cm³/mol. The van der Waals surface area contributed by atoms with E-state index in [1.165, 1.54) is 10.9 Å². The lowest BCUT2D eigenvalue weighted by Gasteiger charge is -2.11. The summed E-state index contributed by atoms with van der Waals surface area (Å²) in [5.74, 6) is 0.122. The van der Waals surface area contributed by atoms with E-state index in [1.807, 2.05) is 32.0 Å². The van der Waals surface area contributed by atoms with Gasteiger partial charge in [-0.1, -0.05) is 30.7 Å². The van der Waals surface area contributed by atoms with Crippen LogP contribution in [-0.2, 0) is 13.7 Å². The van der Waals surface area contributed by atoms with Crippen LogP contribution in [0.1, 0.15) is 45.3 Å². The zero-order valence-electron chi connectivity index (χ0n) is 17.7. The van der Waals surface area contributed by atoms with Gasteiger partial charge in [-0.3, -0.25) is 14.3 Å². The molecule has 1 heterocycles. The second-order valence-electron chi connectivity index (χ2n) is 7.14. The number of rotatable bonds is 8. The summed E-state index contributed by atoms with van der Waals surface area (Å²) in [5, 5.41) is 10.3. The number of ether oxygens (including phenoxy) is 1. The highest BCUT2D eigenvalue weighted by Crippen LogP contribution is 2.23. The molecule has 0 aliphatic rings. The van der Waals surface area contributed by atoms with E-state index in [-0.39, 0.29) is 11.8 Å². The average molecular weight is 441 g/mol. The van der Waals surface area contributed by atoms with Crippen LogP contribution in [0.25, 0.3) is 0 Å². The Morgan fingerprint density at radius 3 is 2.71 bits per heavy atom. The maximum absolute atomic E-state index is 12.8. The normalized spacial score (nSPS) is 10.6. The SMILES string of the molecule is CCCNC(=O)c1c(NC(=O)c2cccc(COc3ccc(Cl)cc3C)c2)cnn1C. The molecule has 2 N–H and O–H groups in total. The summed E-state index contributed by atoms with van der Waals surface area (Å²) >= 11 is 5.98. The molecule has 2 aromatic carbocycles. The molecule has 3 rings (SSSR count). The number of aryl methyl sites for hydroxylation is 2.